The zero-order valence-electron chi connectivity index (χ0n) is 17.9. The van der Waals surface area contributed by atoms with Gasteiger partial charge in [0.05, 0.1) is 24.8 Å². The molecule has 2 aromatic rings. The third-order valence-electron chi connectivity index (χ3n) is 6.08. The average molecular weight is 424 g/mol. The summed E-state index contributed by atoms with van der Waals surface area (Å²) in [5.74, 6) is 1.49. The molecule has 1 aromatic carbocycles. The van der Waals surface area contributed by atoms with Crippen molar-refractivity contribution < 1.29 is 14.3 Å². The number of piperidine rings is 1. The largest absolute Gasteiger partial charge is 0.496 e. The molecule has 2 fully saturated rings. The number of carbonyl (C=O) groups excluding carboxylic acids is 2. The molecule has 0 N–H and O–H groups in total. The Kier molecular flexibility index (Phi) is 6.64. The van der Waals surface area contributed by atoms with Crippen molar-refractivity contribution in [1.29, 1.82) is 0 Å². The molecule has 0 radical (unpaired) electrons. The molecule has 1 unspecified atom stereocenters. The van der Waals surface area contributed by atoms with Crippen molar-refractivity contribution in [2.24, 2.45) is 5.92 Å². The van der Waals surface area contributed by atoms with E-state index in [1.54, 1.807) is 37.8 Å². The number of methoxy groups -OCH3 is 1. The molecule has 1 atom stereocenters. The van der Waals surface area contributed by atoms with Gasteiger partial charge in [0.15, 0.2) is 0 Å². The van der Waals surface area contributed by atoms with E-state index >= 15 is 0 Å². The highest BCUT2D eigenvalue weighted by atomic mass is 16.5. The number of nitrogens with zero attached hydrogens (tertiary/aromatic N) is 5. The van der Waals surface area contributed by atoms with E-state index in [0.717, 1.165) is 31.6 Å². The zero-order chi connectivity index (χ0) is 21.6. The number of ether oxygens (including phenoxy) is 1. The predicted molar refractivity (Wildman–Crippen MR) is 117 cm³/mol. The third-order valence-corrected chi connectivity index (χ3v) is 6.08. The second-order valence-electron chi connectivity index (χ2n) is 8.02. The van der Waals surface area contributed by atoms with E-state index in [9.17, 15) is 9.59 Å². The van der Waals surface area contributed by atoms with Crippen LogP contribution in [-0.4, -0.2) is 78.0 Å². The van der Waals surface area contributed by atoms with Gasteiger partial charge in [-0.3, -0.25) is 14.6 Å². The van der Waals surface area contributed by atoms with E-state index in [1.165, 1.54) is 0 Å². The fraction of sp³-hybridized carbons (Fsp3) is 0.478. The smallest absolute Gasteiger partial charge is 0.257 e. The summed E-state index contributed by atoms with van der Waals surface area (Å²) in [5, 5.41) is 0. The van der Waals surface area contributed by atoms with Gasteiger partial charge in [-0.1, -0.05) is 12.1 Å². The van der Waals surface area contributed by atoms with E-state index < -0.39 is 0 Å². The van der Waals surface area contributed by atoms with Crippen LogP contribution in [-0.2, 0) is 4.79 Å². The highest BCUT2D eigenvalue weighted by molar-refractivity contribution is 5.97. The van der Waals surface area contributed by atoms with Gasteiger partial charge in [-0.2, -0.15) is 0 Å². The standard InChI is InChI=1S/C23H29N5O3/c1-31-20-8-3-2-7-19(20)23(30)27-13-5-12-26(14-15-27)22(29)18-6-4-11-28(17-18)21-16-24-9-10-25-21/h2-3,7-10,16,18H,4-6,11-15,17H2,1H3. The molecule has 8 heteroatoms. The van der Waals surface area contributed by atoms with Crippen LogP contribution in [0.25, 0.3) is 0 Å². The fourth-order valence-electron chi connectivity index (χ4n) is 4.43. The summed E-state index contributed by atoms with van der Waals surface area (Å²) in [7, 11) is 1.57. The molecule has 2 saturated heterocycles. The van der Waals surface area contributed by atoms with Crippen molar-refractivity contribution in [2.75, 3.05) is 51.3 Å². The third kappa shape index (κ3) is 4.78. The number of para-hydroxylation sites is 1. The van der Waals surface area contributed by atoms with Crippen molar-refractivity contribution >= 4 is 17.6 Å². The number of hydrogen-bond acceptors (Lipinski definition) is 6. The molecule has 0 spiro atoms. The minimum atomic E-state index is -0.0489. The van der Waals surface area contributed by atoms with Crippen LogP contribution in [0.5, 0.6) is 5.75 Å². The molecule has 31 heavy (non-hydrogen) atoms. The molecule has 3 heterocycles. The first-order valence-electron chi connectivity index (χ1n) is 10.9. The Morgan fingerprint density at radius 2 is 1.81 bits per heavy atom. The van der Waals surface area contributed by atoms with Gasteiger partial charge < -0.3 is 19.4 Å². The van der Waals surface area contributed by atoms with Gasteiger partial charge in [-0.25, -0.2) is 4.98 Å². The van der Waals surface area contributed by atoms with Gasteiger partial charge in [-0.15, -0.1) is 0 Å². The first-order valence-corrected chi connectivity index (χ1v) is 10.9. The summed E-state index contributed by atoms with van der Waals surface area (Å²) in [6.45, 7) is 3.96. The highest BCUT2D eigenvalue weighted by Crippen LogP contribution is 2.24. The normalized spacial score (nSPS) is 19.6. The Balaban J connectivity index is 1.38. The maximum atomic E-state index is 13.3. The molecule has 2 aliphatic heterocycles. The van der Waals surface area contributed by atoms with Crippen LogP contribution < -0.4 is 9.64 Å². The molecule has 2 aliphatic rings. The summed E-state index contributed by atoms with van der Waals surface area (Å²) >= 11 is 0. The number of amides is 2. The Morgan fingerprint density at radius 3 is 2.61 bits per heavy atom. The highest BCUT2D eigenvalue weighted by Gasteiger charge is 2.31. The van der Waals surface area contributed by atoms with Crippen LogP contribution in [0.1, 0.15) is 29.6 Å². The number of carbonyl (C=O) groups is 2. The molecule has 0 bridgehead atoms. The number of anilines is 1. The summed E-state index contributed by atoms with van der Waals surface area (Å²) < 4.78 is 5.35. The Hall–Kier alpha value is -3.16. The average Bonchev–Trinajstić information content (AvgIpc) is 3.10. The van der Waals surface area contributed by atoms with Crippen LogP contribution in [0, 0.1) is 5.92 Å². The monoisotopic (exact) mass is 423 g/mol. The minimum Gasteiger partial charge on any atom is -0.496 e. The SMILES string of the molecule is COc1ccccc1C(=O)N1CCCN(C(=O)C2CCCN(c3cnccn3)C2)CC1. The number of benzene rings is 1. The number of hydrogen-bond donors (Lipinski definition) is 0. The minimum absolute atomic E-state index is 0.0433. The van der Waals surface area contributed by atoms with Crippen LogP contribution in [0.2, 0.25) is 0 Å². The molecule has 2 amide bonds. The topological polar surface area (TPSA) is 78.9 Å². The van der Waals surface area contributed by atoms with Gasteiger partial charge in [0.2, 0.25) is 5.91 Å². The molecule has 0 saturated carbocycles. The molecule has 0 aliphatic carbocycles. The van der Waals surface area contributed by atoms with Gasteiger partial charge in [0, 0.05) is 51.7 Å². The van der Waals surface area contributed by atoms with Crippen molar-refractivity contribution in [1.82, 2.24) is 19.8 Å². The summed E-state index contributed by atoms with van der Waals surface area (Å²) in [6, 6.07) is 7.28. The molecule has 1 aromatic heterocycles. The number of rotatable bonds is 4. The van der Waals surface area contributed by atoms with E-state index in [-0.39, 0.29) is 17.7 Å². The quantitative estimate of drug-likeness (QED) is 0.749. The predicted octanol–water partition coefficient (Wildman–Crippen LogP) is 2.08. The summed E-state index contributed by atoms with van der Waals surface area (Å²) in [4.78, 5) is 40.7. The van der Waals surface area contributed by atoms with E-state index in [1.807, 2.05) is 21.9 Å². The Bertz CT molecular complexity index is 907. The lowest BCUT2D eigenvalue weighted by atomic mass is 9.96. The Morgan fingerprint density at radius 1 is 1.00 bits per heavy atom. The van der Waals surface area contributed by atoms with E-state index in [4.69, 9.17) is 4.74 Å². The second kappa shape index (κ2) is 9.76. The van der Waals surface area contributed by atoms with Gasteiger partial charge in [0.1, 0.15) is 11.6 Å². The van der Waals surface area contributed by atoms with E-state index in [0.29, 0.717) is 44.0 Å². The molecule has 8 nitrogen and oxygen atoms in total. The van der Waals surface area contributed by atoms with Gasteiger partial charge in [0.25, 0.3) is 5.91 Å². The molecular weight excluding hydrogens is 394 g/mol. The second-order valence-corrected chi connectivity index (χ2v) is 8.02. The van der Waals surface area contributed by atoms with Crippen molar-refractivity contribution in [3.8, 4) is 5.75 Å². The van der Waals surface area contributed by atoms with Crippen molar-refractivity contribution in [3.63, 3.8) is 0 Å². The first-order chi connectivity index (χ1) is 15.2. The van der Waals surface area contributed by atoms with Crippen molar-refractivity contribution in [2.45, 2.75) is 19.3 Å². The van der Waals surface area contributed by atoms with Gasteiger partial charge >= 0.3 is 0 Å². The maximum Gasteiger partial charge on any atom is 0.257 e. The Labute approximate surface area is 182 Å². The molecule has 4 rings (SSSR count). The summed E-state index contributed by atoms with van der Waals surface area (Å²) in [5.41, 5.74) is 0.566. The van der Waals surface area contributed by atoms with Crippen molar-refractivity contribution in [3.05, 3.63) is 48.4 Å². The fourth-order valence-corrected chi connectivity index (χ4v) is 4.43. The van der Waals surface area contributed by atoms with Crippen LogP contribution >= 0.6 is 0 Å². The molecule has 164 valence electrons. The number of aromatic nitrogens is 2. The maximum absolute atomic E-state index is 13.3. The lowest BCUT2D eigenvalue weighted by Gasteiger charge is -2.35. The molecular formula is C23H29N5O3. The first kappa shape index (κ1) is 21.1. The van der Waals surface area contributed by atoms with Crippen LogP contribution in [0.3, 0.4) is 0 Å². The van der Waals surface area contributed by atoms with Gasteiger partial charge in [-0.05, 0) is 31.4 Å². The summed E-state index contributed by atoms with van der Waals surface area (Å²) in [6.07, 6.45) is 7.71. The van der Waals surface area contributed by atoms with E-state index in [2.05, 4.69) is 14.9 Å². The lowest BCUT2D eigenvalue weighted by molar-refractivity contribution is -0.135. The zero-order valence-corrected chi connectivity index (χ0v) is 17.9. The van der Waals surface area contributed by atoms with Crippen LogP contribution in [0.15, 0.2) is 42.9 Å². The van der Waals surface area contributed by atoms with Crippen LogP contribution in [0.4, 0.5) is 5.82 Å². The lowest BCUT2D eigenvalue weighted by Crippen LogP contribution is -2.46.